The van der Waals surface area contributed by atoms with E-state index in [4.69, 9.17) is 8.85 Å². The average molecular weight is 237 g/mol. The van der Waals surface area contributed by atoms with Gasteiger partial charge in [-0.3, -0.25) is 0 Å². The summed E-state index contributed by atoms with van der Waals surface area (Å²) >= 11 is 0. The number of carbonyl (C=O) groups is 1. The minimum Gasteiger partial charge on any atom is -0.442 e. The molecule has 4 nitrogen and oxygen atoms in total. The molecule has 0 unspecified atom stereocenters. The van der Waals surface area contributed by atoms with E-state index in [-0.39, 0.29) is 0 Å². The van der Waals surface area contributed by atoms with E-state index in [1.165, 1.54) is 6.21 Å². The molecule has 1 aromatic carbocycles. The van der Waals surface area contributed by atoms with Crippen molar-refractivity contribution < 1.29 is 13.6 Å². The quantitative estimate of drug-likeness (QED) is 0.586. The minimum absolute atomic E-state index is 0.366. The van der Waals surface area contributed by atoms with Crippen molar-refractivity contribution in [2.45, 2.75) is 26.4 Å². The van der Waals surface area contributed by atoms with Crippen LogP contribution in [0.2, 0.25) is 0 Å². The van der Waals surface area contributed by atoms with Crippen LogP contribution in [0, 0.1) is 0 Å². The van der Waals surface area contributed by atoms with Crippen molar-refractivity contribution in [1.82, 2.24) is 5.01 Å². The summed E-state index contributed by atoms with van der Waals surface area (Å²) < 4.78 is 27.0. The van der Waals surface area contributed by atoms with Crippen LogP contribution in [-0.4, -0.2) is 29.9 Å². The summed E-state index contributed by atoms with van der Waals surface area (Å²) in [4.78, 5) is 11.9. The van der Waals surface area contributed by atoms with Crippen molar-refractivity contribution in [1.29, 1.82) is 0 Å². The number of ether oxygens (including phenoxy) is 1. The predicted molar refractivity (Wildman–Crippen MR) is 68.0 cm³/mol. The normalized spacial score (nSPS) is 14.9. The first-order valence-electron chi connectivity index (χ1n) is 6.72. The monoisotopic (exact) mass is 237 g/mol. The second-order valence-corrected chi connectivity index (χ2v) is 4.45. The van der Waals surface area contributed by atoms with Gasteiger partial charge in [-0.1, -0.05) is 30.3 Å². The van der Waals surface area contributed by atoms with Crippen LogP contribution in [0.3, 0.4) is 0 Å². The standard InChI is InChI=1S/C13H18N2O2/c1-13(2,3)17-12(16)15(4)14-10-11-8-6-5-7-9-11/h5-10H,1-4H3/b14-10-/i4D3. The summed E-state index contributed by atoms with van der Waals surface area (Å²) in [5.41, 5.74) is -0.103. The summed E-state index contributed by atoms with van der Waals surface area (Å²) in [6.45, 7) is 2.27. The molecule has 0 bridgehead atoms. The third-order valence-electron chi connectivity index (χ3n) is 1.69. The van der Waals surface area contributed by atoms with Crippen LogP contribution in [0.25, 0.3) is 0 Å². The van der Waals surface area contributed by atoms with Crippen LogP contribution in [0.15, 0.2) is 35.4 Å². The first-order valence-corrected chi connectivity index (χ1v) is 5.22. The van der Waals surface area contributed by atoms with Gasteiger partial charge >= 0.3 is 6.09 Å². The van der Waals surface area contributed by atoms with E-state index in [0.717, 1.165) is 0 Å². The lowest BCUT2D eigenvalue weighted by molar-refractivity contribution is 0.0304. The van der Waals surface area contributed by atoms with E-state index < -0.39 is 18.7 Å². The maximum absolute atomic E-state index is 11.9. The highest BCUT2D eigenvalue weighted by atomic mass is 16.6. The molecule has 0 aromatic heterocycles. The highest BCUT2D eigenvalue weighted by Crippen LogP contribution is 2.09. The van der Waals surface area contributed by atoms with Gasteiger partial charge < -0.3 is 4.74 Å². The molecular weight excluding hydrogens is 216 g/mol. The van der Waals surface area contributed by atoms with Crippen molar-refractivity contribution in [3.63, 3.8) is 0 Å². The highest BCUT2D eigenvalue weighted by Gasteiger charge is 2.18. The zero-order chi connectivity index (χ0) is 15.4. The molecular formula is C13H18N2O2. The summed E-state index contributed by atoms with van der Waals surface area (Å²) in [5.74, 6) is 0. The molecule has 0 aliphatic rings. The van der Waals surface area contributed by atoms with E-state index in [1.54, 1.807) is 45.0 Å². The van der Waals surface area contributed by atoms with Crippen LogP contribution >= 0.6 is 0 Å². The first-order chi connectivity index (χ1) is 9.09. The van der Waals surface area contributed by atoms with Gasteiger partial charge in [-0.15, -0.1) is 0 Å². The van der Waals surface area contributed by atoms with Crippen molar-refractivity contribution in [2.24, 2.45) is 5.10 Å². The Hall–Kier alpha value is -1.84. The van der Waals surface area contributed by atoms with Crippen molar-refractivity contribution >= 4 is 12.3 Å². The summed E-state index contributed by atoms with van der Waals surface area (Å²) in [5, 5.41) is 4.09. The molecule has 17 heavy (non-hydrogen) atoms. The smallest absolute Gasteiger partial charge is 0.430 e. The summed E-state index contributed by atoms with van der Waals surface area (Å²) in [7, 11) is 0. The third-order valence-corrected chi connectivity index (χ3v) is 1.69. The maximum atomic E-state index is 11.9. The van der Waals surface area contributed by atoms with Crippen molar-refractivity contribution in [2.75, 3.05) is 6.98 Å². The number of hydrogen-bond acceptors (Lipinski definition) is 3. The van der Waals surface area contributed by atoms with Gasteiger partial charge in [0.1, 0.15) is 5.60 Å². The van der Waals surface area contributed by atoms with Crippen LogP contribution in [0.5, 0.6) is 0 Å². The molecule has 0 spiro atoms. The van der Waals surface area contributed by atoms with Crippen LogP contribution in [-0.2, 0) is 4.74 Å². The number of benzene rings is 1. The van der Waals surface area contributed by atoms with Gasteiger partial charge in [0.15, 0.2) is 0 Å². The van der Waals surface area contributed by atoms with Gasteiger partial charge in [-0.05, 0) is 26.3 Å². The van der Waals surface area contributed by atoms with E-state index in [1.807, 2.05) is 6.07 Å². The summed E-state index contributed by atoms with van der Waals surface area (Å²) in [6.07, 6.45) is 0.292. The Morgan fingerprint density at radius 1 is 1.41 bits per heavy atom. The minimum atomic E-state index is -2.70. The number of nitrogens with zero attached hydrogens (tertiary/aromatic N) is 2. The van der Waals surface area contributed by atoms with Gasteiger partial charge in [0.2, 0.25) is 0 Å². The molecule has 92 valence electrons. The number of hydrazone groups is 1. The maximum Gasteiger partial charge on any atom is 0.430 e. The van der Waals surface area contributed by atoms with Gasteiger partial charge in [0, 0.05) is 11.1 Å². The Morgan fingerprint density at radius 2 is 2.06 bits per heavy atom. The Bertz CT molecular complexity index is 479. The molecule has 1 rings (SSSR count). The van der Waals surface area contributed by atoms with Crippen molar-refractivity contribution in [3.8, 4) is 0 Å². The topological polar surface area (TPSA) is 41.9 Å². The third kappa shape index (κ3) is 5.15. The Labute approximate surface area is 106 Å². The largest absolute Gasteiger partial charge is 0.442 e. The van der Waals surface area contributed by atoms with E-state index >= 15 is 0 Å². The average Bonchev–Trinajstić information content (AvgIpc) is 2.26. The molecule has 0 saturated carbocycles. The van der Waals surface area contributed by atoms with Crippen molar-refractivity contribution in [3.05, 3.63) is 35.9 Å². The number of amides is 1. The first kappa shape index (κ1) is 9.22. The lowest BCUT2D eigenvalue weighted by atomic mass is 10.2. The number of hydrogen-bond donors (Lipinski definition) is 0. The molecule has 0 aliphatic carbocycles. The van der Waals surface area contributed by atoms with Gasteiger partial charge in [-0.25, -0.2) is 9.80 Å². The fourth-order valence-corrected chi connectivity index (χ4v) is 1.02. The molecule has 0 heterocycles. The Kier molecular flexibility index (Phi) is 2.97. The molecule has 0 atom stereocenters. The van der Waals surface area contributed by atoms with Gasteiger partial charge in [0.05, 0.1) is 6.21 Å². The van der Waals surface area contributed by atoms with Crippen LogP contribution in [0.1, 0.15) is 30.4 Å². The molecule has 0 radical (unpaired) electrons. The summed E-state index contributed by atoms with van der Waals surface area (Å²) in [6, 6.07) is 8.89. The van der Waals surface area contributed by atoms with E-state index in [9.17, 15) is 4.79 Å². The Balaban J connectivity index is 2.92. The van der Waals surface area contributed by atoms with Crippen LogP contribution < -0.4 is 0 Å². The predicted octanol–water partition coefficient (Wildman–Crippen LogP) is 2.89. The number of rotatable bonds is 2. The fourth-order valence-electron chi connectivity index (χ4n) is 1.02. The van der Waals surface area contributed by atoms with Crippen LogP contribution in [0.4, 0.5) is 4.79 Å². The lowest BCUT2D eigenvalue weighted by Gasteiger charge is -2.21. The molecule has 1 amide bonds. The SMILES string of the molecule is [2H]C([2H])([2H])N(/N=C\c1ccccc1)C(=O)OC(C)(C)C. The Morgan fingerprint density at radius 3 is 2.59 bits per heavy atom. The molecule has 1 aromatic rings. The van der Waals surface area contributed by atoms with Gasteiger partial charge in [0.25, 0.3) is 0 Å². The van der Waals surface area contributed by atoms with E-state index in [2.05, 4.69) is 5.10 Å². The number of carbonyl (C=O) groups excluding carboxylic acids is 1. The molecule has 0 saturated heterocycles. The fraction of sp³-hybridized carbons (Fsp3) is 0.385. The highest BCUT2D eigenvalue weighted by molar-refractivity contribution is 5.80. The second-order valence-electron chi connectivity index (χ2n) is 4.45. The molecule has 0 aliphatic heterocycles. The molecule has 4 heteroatoms. The zero-order valence-corrected chi connectivity index (χ0v) is 10.2. The van der Waals surface area contributed by atoms with Gasteiger partial charge in [-0.2, -0.15) is 5.10 Å². The molecule has 0 N–H and O–H groups in total. The zero-order valence-electron chi connectivity index (χ0n) is 13.2. The van der Waals surface area contributed by atoms with E-state index in [0.29, 0.717) is 10.6 Å². The lowest BCUT2D eigenvalue weighted by Crippen LogP contribution is -2.31. The molecule has 0 fully saturated rings. The second kappa shape index (κ2) is 5.48.